The largest absolute Gasteiger partial charge is 0.454 e. The average Bonchev–Trinajstić information content (AvgIpc) is 3.03. The third-order valence-electron chi connectivity index (χ3n) is 3.54. The highest BCUT2D eigenvalue weighted by Gasteiger charge is 2.13. The molecular formula is C19H14ClNO3. The number of hydrogen-bond acceptors (Lipinski definition) is 3. The summed E-state index contributed by atoms with van der Waals surface area (Å²) in [6, 6.07) is 14.6. The Labute approximate surface area is 143 Å². The molecular weight excluding hydrogens is 326 g/mol. The Hall–Kier alpha value is -2.85. The van der Waals surface area contributed by atoms with Gasteiger partial charge in [0.05, 0.1) is 0 Å². The first kappa shape index (κ1) is 16.0. The minimum Gasteiger partial charge on any atom is -0.454 e. The molecule has 2 aromatic carbocycles. The van der Waals surface area contributed by atoms with E-state index in [1.165, 1.54) is 6.08 Å². The van der Waals surface area contributed by atoms with Gasteiger partial charge < -0.3 is 9.72 Å². The second-order valence-electron chi connectivity index (χ2n) is 5.13. The number of rotatable bonds is 5. The lowest BCUT2D eigenvalue weighted by Gasteiger charge is -2.01. The summed E-state index contributed by atoms with van der Waals surface area (Å²) in [5, 5.41) is 1.35. The van der Waals surface area contributed by atoms with Crippen LogP contribution in [0.15, 0.2) is 60.8 Å². The standard InChI is InChI=1S/C19H14ClNO3/c20-16-7-3-1-5-13(16)9-10-19(23)24-12-18(22)15-11-21-17-8-4-2-6-14(15)17/h1-11,21H,12H2. The summed E-state index contributed by atoms with van der Waals surface area (Å²) in [4.78, 5) is 27.0. The molecule has 0 saturated heterocycles. The first-order chi connectivity index (χ1) is 11.6. The van der Waals surface area contributed by atoms with E-state index in [1.54, 1.807) is 30.5 Å². The zero-order valence-electron chi connectivity index (χ0n) is 12.7. The van der Waals surface area contributed by atoms with Crippen LogP contribution in [-0.2, 0) is 9.53 Å². The summed E-state index contributed by atoms with van der Waals surface area (Å²) in [5.41, 5.74) is 2.08. The smallest absolute Gasteiger partial charge is 0.331 e. The first-order valence-electron chi connectivity index (χ1n) is 7.34. The number of H-pyrrole nitrogens is 1. The molecule has 0 aliphatic heterocycles. The van der Waals surface area contributed by atoms with E-state index in [1.807, 2.05) is 30.3 Å². The summed E-state index contributed by atoms with van der Waals surface area (Å²) in [6.07, 6.45) is 4.44. The lowest BCUT2D eigenvalue weighted by Crippen LogP contribution is -2.12. The summed E-state index contributed by atoms with van der Waals surface area (Å²) in [7, 11) is 0. The van der Waals surface area contributed by atoms with E-state index in [-0.39, 0.29) is 12.4 Å². The highest BCUT2D eigenvalue weighted by molar-refractivity contribution is 6.32. The number of para-hydroxylation sites is 1. The van der Waals surface area contributed by atoms with Crippen molar-refractivity contribution < 1.29 is 14.3 Å². The van der Waals surface area contributed by atoms with Crippen LogP contribution in [-0.4, -0.2) is 23.3 Å². The van der Waals surface area contributed by atoms with Crippen molar-refractivity contribution in [3.63, 3.8) is 0 Å². The molecule has 1 aromatic heterocycles. The summed E-state index contributed by atoms with van der Waals surface area (Å²) < 4.78 is 5.01. The summed E-state index contributed by atoms with van der Waals surface area (Å²) >= 11 is 6.00. The third-order valence-corrected chi connectivity index (χ3v) is 3.88. The number of esters is 1. The average molecular weight is 340 g/mol. The Morgan fingerprint density at radius 3 is 2.67 bits per heavy atom. The van der Waals surface area contributed by atoms with Gasteiger partial charge in [-0.25, -0.2) is 4.79 Å². The minimum absolute atomic E-state index is 0.257. The normalized spacial score (nSPS) is 11.0. The molecule has 1 N–H and O–H groups in total. The Morgan fingerprint density at radius 1 is 1.08 bits per heavy atom. The molecule has 3 aromatic rings. The number of carbonyl (C=O) groups excluding carboxylic acids is 2. The molecule has 0 aliphatic rings. The fourth-order valence-electron chi connectivity index (χ4n) is 2.33. The fraction of sp³-hybridized carbons (Fsp3) is 0.0526. The van der Waals surface area contributed by atoms with Crippen molar-refractivity contribution in [2.45, 2.75) is 0 Å². The molecule has 0 atom stereocenters. The molecule has 4 nitrogen and oxygen atoms in total. The molecule has 120 valence electrons. The van der Waals surface area contributed by atoms with Gasteiger partial charge in [-0.1, -0.05) is 48.0 Å². The minimum atomic E-state index is -0.594. The number of halogens is 1. The second-order valence-corrected chi connectivity index (χ2v) is 5.54. The Balaban J connectivity index is 1.62. The molecule has 0 saturated carbocycles. The number of Topliss-reactive ketones (excluding diaryl/α,β-unsaturated/α-hetero) is 1. The van der Waals surface area contributed by atoms with Gasteiger partial charge in [0.15, 0.2) is 6.61 Å². The zero-order chi connectivity index (χ0) is 16.9. The molecule has 0 amide bonds. The highest BCUT2D eigenvalue weighted by atomic mass is 35.5. The van der Waals surface area contributed by atoms with Crippen molar-refractivity contribution in [1.82, 2.24) is 4.98 Å². The first-order valence-corrected chi connectivity index (χ1v) is 7.71. The van der Waals surface area contributed by atoms with Crippen LogP contribution in [0.5, 0.6) is 0 Å². The Morgan fingerprint density at radius 2 is 1.83 bits per heavy atom. The fourth-order valence-corrected chi connectivity index (χ4v) is 2.53. The third kappa shape index (κ3) is 3.55. The van der Waals surface area contributed by atoms with Gasteiger partial charge in [0, 0.05) is 33.8 Å². The zero-order valence-corrected chi connectivity index (χ0v) is 13.4. The van der Waals surface area contributed by atoms with Crippen LogP contribution in [0.4, 0.5) is 0 Å². The van der Waals surface area contributed by atoms with Crippen LogP contribution in [0, 0.1) is 0 Å². The molecule has 0 aliphatic carbocycles. The number of nitrogens with one attached hydrogen (secondary N) is 1. The van der Waals surface area contributed by atoms with Crippen molar-refractivity contribution >= 4 is 40.3 Å². The van der Waals surface area contributed by atoms with Gasteiger partial charge >= 0.3 is 5.97 Å². The van der Waals surface area contributed by atoms with Crippen LogP contribution in [0.3, 0.4) is 0 Å². The lowest BCUT2D eigenvalue weighted by molar-refractivity contribution is -0.136. The maximum absolute atomic E-state index is 12.2. The molecule has 3 rings (SSSR count). The number of hydrogen-bond donors (Lipinski definition) is 1. The van der Waals surface area contributed by atoms with Crippen LogP contribution in [0.1, 0.15) is 15.9 Å². The van der Waals surface area contributed by atoms with E-state index in [2.05, 4.69) is 4.98 Å². The van der Waals surface area contributed by atoms with E-state index in [4.69, 9.17) is 16.3 Å². The molecule has 0 spiro atoms. The molecule has 0 fully saturated rings. The van der Waals surface area contributed by atoms with E-state index < -0.39 is 5.97 Å². The number of aromatic amines is 1. The Bertz CT molecular complexity index is 927. The van der Waals surface area contributed by atoms with E-state index in [0.717, 1.165) is 10.9 Å². The van der Waals surface area contributed by atoms with E-state index >= 15 is 0 Å². The number of aromatic nitrogens is 1. The number of fused-ring (bicyclic) bond motifs is 1. The van der Waals surface area contributed by atoms with Gasteiger partial charge in [0.2, 0.25) is 5.78 Å². The molecule has 0 unspecified atom stereocenters. The van der Waals surface area contributed by atoms with Gasteiger partial charge in [0.25, 0.3) is 0 Å². The SMILES string of the molecule is O=C(C=Cc1ccccc1Cl)OCC(=O)c1c[nH]c2ccccc12. The van der Waals surface area contributed by atoms with Crippen LogP contribution >= 0.6 is 11.6 Å². The maximum Gasteiger partial charge on any atom is 0.331 e. The molecule has 0 radical (unpaired) electrons. The molecule has 5 heteroatoms. The maximum atomic E-state index is 12.2. The topological polar surface area (TPSA) is 59.2 Å². The summed E-state index contributed by atoms with van der Waals surface area (Å²) in [6.45, 7) is -0.312. The van der Waals surface area contributed by atoms with Gasteiger partial charge in [-0.15, -0.1) is 0 Å². The second kappa shape index (κ2) is 7.15. The number of ether oxygens (including phenoxy) is 1. The van der Waals surface area contributed by atoms with Crippen LogP contribution in [0.25, 0.3) is 17.0 Å². The monoisotopic (exact) mass is 339 g/mol. The Kier molecular flexibility index (Phi) is 4.77. The van der Waals surface area contributed by atoms with Crippen molar-refractivity contribution in [2.75, 3.05) is 6.61 Å². The van der Waals surface area contributed by atoms with Gasteiger partial charge in [-0.05, 0) is 23.8 Å². The highest BCUT2D eigenvalue weighted by Crippen LogP contribution is 2.18. The quantitative estimate of drug-likeness (QED) is 0.429. The van der Waals surface area contributed by atoms with Crippen LogP contribution < -0.4 is 0 Å². The van der Waals surface area contributed by atoms with Gasteiger partial charge in [0.1, 0.15) is 0 Å². The predicted octanol–water partition coefficient (Wildman–Crippen LogP) is 4.26. The van der Waals surface area contributed by atoms with Crippen molar-refractivity contribution in [2.24, 2.45) is 0 Å². The van der Waals surface area contributed by atoms with Crippen molar-refractivity contribution in [3.8, 4) is 0 Å². The van der Waals surface area contributed by atoms with E-state index in [0.29, 0.717) is 16.1 Å². The number of carbonyl (C=O) groups is 2. The molecule has 24 heavy (non-hydrogen) atoms. The van der Waals surface area contributed by atoms with Crippen LogP contribution in [0.2, 0.25) is 5.02 Å². The lowest BCUT2D eigenvalue weighted by atomic mass is 10.1. The molecule has 0 bridgehead atoms. The van der Waals surface area contributed by atoms with Crippen molar-refractivity contribution in [1.29, 1.82) is 0 Å². The number of ketones is 1. The summed E-state index contributed by atoms with van der Waals surface area (Å²) in [5.74, 6) is -0.852. The van der Waals surface area contributed by atoms with Gasteiger partial charge in [-0.3, -0.25) is 4.79 Å². The number of benzene rings is 2. The predicted molar refractivity (Wildman–Crippen MR) is 94.1 cm³/mol. The van der Waals surface area contributed by atoms with Crippen molar-refractivity contribution in [3.05, 3.63) is 77.0 Å². The van der Waals surface area contributed by atoms with E-state index in [9.17, 15) is 9.59 Å². The van der Waals surface area contributed by atoms with Gasteiger partial charge in [-0.2, -0.15) is 0 Å². The molecule has 1 heterocycles.